The Hall–Kier alpha value is -2.38. The van der Waals surface area contributed by atoms with E-state index in [0.29, 0.717) is 24.2 Å². The van der Waals surface area contributed by atoms with Crippen LogP contribution in [0.3, 0.4) is 0 Å². The van der Waals surface area contributed by atoms with Crippen LogP contribution >= 0.6 is 0 Å². The lowest BCUT2D eigenvalue weighted by atomic mass is 10.0. The normalized spacial score (nSPS) is 21.9. The first-order valence-corrected chi connectivity index (χ1v) is 7.31. The Balaban J connectivity index is 1.60. The zero-order valence-corrected chi connectivity index (χ0v) is 12.0. The van der Waals surface area contributed by atoms with E-state index in [1.54, 1.807) is 18.2 Å². The minimum absolute atomic E-state index is 0.100. The monoisotopic (exact) mass is 322 g/mol. The van der Waals surface area contributed by atoms with Crippen molar-refractivity contribution in [2.45, 2.75) is 24.8 Å². The van der Waals surface area contributed by atoms with Gasteiger partial charge in [0.15, 0.2) is 0 Å². The summed E-state index contributed by atoms with van der Waals surface area (Å²) in [4.78, 5) is 17.3. The van der Waals surface area contributed by atoms with Gasteiger partial charge in [-0.2, -0.15) is 0 Å². The van der Waals surface area contributed by atoms with Gasteiger partial charge in [0.25, 0.3) is 11.8 Å². The lowest BCUT2D eigenvalue weighted by Crippen LogP contribution is -2.58. The highest BCUT2D eigenvalue weighted by Crippen LogP contribution is 2.32. The van der Waals surface area contributed by atoms with E-state index in [4.69, 9.17) is 0 Å². The molecular formula is C15H13F3N4O. The molecule has 0 N–H and O–H groups in total. The van der Waals surface area contributed by atoms with Crippen LogP contribution in [0.4, 0.5) is 13.2 Å². The van der Waals surface area contributed by atoms with Crippen molar-refractivity contribution in [3.05, 3.63) is 47.3 Å². The van der Waals surface area contributed by atoms with Crippen molar-refractivity contribution in [2.24, 2.45) is 0 Å². The molecule has 1 atom stereocenters. The summed E-state index contributed by atoms with van der Waals surface area (Å²) in [5, 5.41) is 4.14. The number of aromatic nitrogens is 3. The number of likely N-dealkylation sites (tertiary alicyclic amines) is 1. The van der Waals surface area contributed by atoms with E-state index in [1.807, 2.05) is 0 Å². The lowest BCUT2D eigenvalue weighted by Gasteiger charge is -2.37. The Labute approximate surface area is 129 Å². The maximum absolute atomic E-state index is 14.0. The molecule has 2 aromatic rings. The summed E-state index contributed by atoms with van der Waals surface area (Å²) in [6, 6.07) is 6.07. The van der Waals surface area contributed by atoms with Gasteiger partial charge in [0.2, 0.25) is 5.82 Å². The molecule has 5 nitrogen and oxygen atoms in total. The zero-order chi connectivity index (χ0) is 16.2. The fraction of sp³-hybridized carbons (Fsp3) is 0.400. The predicted molar refractivity (Wildman–Crippen MR) is 73.7 cm³/mol. The van der Waals surface area contributed by atoms with E-state index < -0.39 is 24.9 Å². The molecule has 0 aliphatic carbocycles. The summed E-state index contributed by atoms with van der Waals surface area (Å²) in [5.74, 6) is -3.29. The number of nitrogens with zero attached hydrogens (tertiary/aromatic N) is 4. The van der Waals surface area contributed by atoms with Crippen LogP contribution in [0, 0.1) is 5.82 Å². The van der Waals surface area contributed by atoms with E-state index in [0.717, 1.165) is 4.90 Å². The number of hydrogen-bond donors (Lipinski definition) is 0. The summed E-state index contributed by atoms with van der Waals surface area (Å²) in [5.41, 5.74) is 0.491. The standard InChI is InChI=1S/C15H13F3N4O/c16-10-4-2-1-3-9(10)11-5-6-12-19-13(20-22(11)12)14(23)21-7-15(17,18)8-21/h1-4,11H,5-8H2. The van der Waals surface area contributed by atoms with Crippen LogP contribution in [0.2, 0.25) is 0 Å². The van der Waals surface area contributed by atoms with Gasteiger partial charge in [-0.1, -0.05) is 18.2 Å². The number of rotatable bonds is 2. The molecule has 1 fully saturated rings. The van der Waals surface area contributed by atoms with E-state index in [2.05, 4.69) is 10.1 Å². The second kappa shape index (κ2) is 4.81. The summed E-state index contributed by atoms with van der Waals surface area (Å²) in [6.45, 7) is -1.21. The SMILES string of the molecule is O=C(c1nc2n(n1)C(c1ccccc1F)CC2)N1CC(F)(F)C1. The number of carbonyl (C=O) groups excluding carboxylic acids is 1. The molecule has 4 rings (SSSR count). The number of hydrogen-bond acceptors (Lipinski definition) is 3. The van der Waals surface area contributed by atoms with Crippen molar-refractivity contribution in [1.29, 1.82) is 0 Å². The minimum Gasteiger partial charge on any atom is -0.324 e. The first-order valence-electron chi connectivity index (χ1n) is 7.31. The summed E-state index contributed by atoms with van der Waals surface area (Å²) < 4.78 is 41.2. The molecule has 2 aliphatic rings. The second-order valence-corrected chi connectivity index (χ2v) is 5.89. The number of halogens is 3. The van der Waals surface area contributed by atoms with Gasteiger partial charge in [-0.25, -0.2) is 22.8 Å². The highest BCUT2D eigenvalue weighted by molar-refractivity contribution is 5.91. The van der Waals surface area contributed by atoms with Crippen molar-refractivity contribution >= 4 is 5.91 Å². The Morgan fingerprint density at radius 2 is 2.00 bits per heavy atom. The maximum Gasteiger partial charge on any atom is 0.293 e. The minimum atomic E-state index is -2.83. The number of alkyl halides is 2. The van der Waals surface area contributed by atoms with E-state index in [-0.39, 0.29) is 17.7 Å². The molecule has 1 amide bonds. The highest BCUT2D eigenvalue weighted by atomic mass is 19.3. The third-order valence-corrected chi connectivity index (χ3v) is 4.23. The number of aryl methyl sites for hydroxylation is 1. The summed E-state index contributed by atoms with van der Waals surface area (Å²) in [7, 11) is 0. The molecule has 1 aromatic heterocycles. The van der Waals surface area contributed by atoms with Crippen LogP contribution in [0.25, 0.3) is 0 Å². The molecule has 0 radical (unpaired) electrons. The van der Waals surface area contributed by atoms with Crippen LogP contribution < -0.4 is 0 Å². The van der Waals surface area contributed by atoms with Crippen molar-refractivity contribution < 1.29 is 18.0 Å². The van der Waals surface area contributed by atoms with Gasteiger partial charge in [0.05, 0.1) is 19.1 Å². The van der Waals surface area contributed by atoms with E-state index in [1.165, 1.54) is 10.7 Å². The van der Waals surface area contributed by atoms with Gasteiger partial charge in [-0.05, 0) is 12.5 Å². The third kappa shape index (κ3) is 2.29. The number of carbonyl (C=O) groups is 1. The molecule has 0 spiro atoms. The fourth-order valence-electron chi connectivity index (χ4n) is 3.08. The molecule has 0 saturated carbocycles. The average Bonchev–Trinajstić information content (AvgIpc) is 3.05. The van der Waals surface area contributed by atoms with Gasteiger partial charge < -0.3 is 4.90 Å². The van der Waals surface area contributed by atoms with Gasteiger partial charge >= 0.3 is 0 Å². The number of benzene rings is 1. The lowest BCUT2D eigenvalue weighted by molar-refractivity contribution is -0.113. The molecule has 1 aromatic carbocycles. The quantitative estimate of drug-likeness (QED) is 0.850. The highest BCUT2D eigenvalue weighted by Gasteiger charge is 2.47. The Kier molecular flexibility index (Phi) is 2.97. The molecule has 8 heteroatoms. The molecular weight excluding hydrogens is 309 g/mol. The molecule has 3 heterocycles. The van der Waals surface area contributed by atoms with Gasteiger partial charge in [-0.3, -0.25) is 4.79 Å². The smallest absolute Gasteiger partial charge is 0.293 e. The predicted octanol–water partition coefficient (Wildman–Crippen LogP) is 2.04. The first kappa shape index (κ1) is 14.2. The van der Waals surface area contributed by atoms with Crippen LogP contribution in [-0.4, -0.2) is 44.6 Å². The Bertz CT molecular complexity index is 781. The fourth-order valence-corrected chi connectivity index (χ4v) is 3.08. The van der Waals surface area contributed by atoms with Gasteiger partial charge in [-0.15, -0.1) is 5.10 Å². The van der Waals surface area contributed by atoms with Gasteiger partial charge in [0, 0.05) is 12.0 Å². The van der Waals surface area contributed by atoms with Crippen molar-refractivity contribution in [3.63, 3.8) is 0 Å². The Morgan fingerprint density at radius 3 is 2.70 bits per heavy atom. The van der Waals surface area contributed by atoms with Crippen LogP contribution in [0.5, 0.6) is 0 Å². The number of amides is 1. The molecule has 23 heavy (non-hydrogen) atoms. The Morgan fingerprint density at radius 1 is 1.26 bits per heavy atom. The largest absolute Gasteiger partial charge is 0.324 e. The van der Waals surface area contributed by atoms with E-state index in [9.17, 15) is 18.0 Å². The average molecular weight is 322 g/mol. The van der Waals surface area contributed by atoms with Crippen LogP contribution in [-0.2, 0) is 6.42 Å². The van der Waals surface area contributed by atoms with Crippen molar-refractivity contribution in [2.75, 3.05) is 13.1 Å². The number of fused-ring (bicyclic) bond motifs is 1. The van der Waals surface area contributed by atoms with Gasteiger partial charge in [0.1, 0.15) is 11.6 Å². The van der Waals surface area contributed by atoms with Crippen LogP contribution in [0.1, 0.15) is 34.5 Å². The topological polar surface area (TPSA) is 51.0 Å². The zero-order valence-electron chi connectivity index (χ0n) is 12.0. The molecule has 1 unspecified atom stereocenters. The molecule has 0 bridgehead atoms. The first-order chi connectivity index (χ1) is 10.9. The van der Waals surface area contributed by atoms with Crippen molar-refractivity contribution in [3.8, 4) is 0 Å². The van der Waals surface area contributed by atoms with Crippen molar-refractivity contribution in [1.82, 2.24) is 19.7 Å². The molecule has 120 valence electrons. The van der Waals surface area contributed by atoms with E-state index >= 15 is 0 Å². The second-order valence-electron chi connectivity index (χ2n) is 5.89. The summed E-state index contributed by atoms with van der Waals surface area (Å²) >= 11 is 0. The summed E-state index contributed by atoms with van der Waals surface area (Å²) in [6.07, 6.45) is 1.21. The molecule has 1 saturated heterocycles. The maximum atomic E-state index is 14.0. The third-order valence-electron chi connectivity index (χ3n) is 4.23. The van der Waals surface area contributed by atoms with Crippen LogP contribution in [0.15, 0.2) is 24.3 Å². The molecule has 2 aliphatic heterocycles.